The van der Waals surface area contributed by atoms with E-state index in [-0.39, 0.29) is 5.76 Å². The molecule has 1 N–H and O–H groups in total. The molecule has 0 aliphatic rings. The van der Waals surface area contributed by atoms with E-state index in [1.54, 1.807) is 7.11 Å². The van der Waals surface area contributed by atoms with Crippen LogP contribution in [0.25, 0.3) is 22.2 Å². The first-order chi connectivity index (χ1) is 8.72. The average molecular weight is 239 g/mol. The van der Waals surface area contributed by atoms with Crippen LogP contribution < -0.4 is 4.74 Å². The first-order valence-corrected chi connectivity index (χ1v) is 5.67. The van der Waals surface area contributed by atoms with Gasteiger partial charge in [-0.3, -0.25) is 0 Å². The number of fused-ring (bicyclic) bond motifs is 3. The molecule has 3 rings (SSSR count). The van der Waals surface area contributed by atoms with Crippen molar-refractivity contribution < 1.29 is 9.84 Å². The molecule has 2 heterocycles. The fourth-order valence-electron chi connectivity index (χ4n) is 2.35. The monoisotopic (exact) mass is 239 g/mol. The van der Waals surface area contributed by atoms with Crippen LogP contribution in [0.2, 0.25) is 0 Å². The highest BCUT2D eigenvalue weighted by molar-refractivity contribution is 6.00. The minimum absolute atomic E-state index is 0.0823. The minimum Gasteiger partial charge on any atom is -0.508 e. The van der Waals surface area contributed by atoms with E-state index in [1.165, 1.54) is 0 Å². The van der Waals surface area contributed by atoms with E-state index in [2.05, 4.69) is 6.58 Å². The Morgan fingerprint density at radius 2 is 2.06 bits per heavy atom. The number of nitrogens with zero attached hydrogens (tertiary/aromatic N) is 1. The van der Waals surface area contributed by atoms with Gasteiger partial charge in [-0.05, 0) is 24.3 Å². The van der Waals surface area contributed by atoms with Crippen LogP contribution in [0, 0.1) is 0 Å². The Bertz CT molecular complexity index is 756. The quantitative estimate of drug-likeness (QED) is 0.693. The van der Waals surface area contributed by atoms with Crippen molar-refractivity contribution in [2.75, 3.05) is 7.11 Å². The van der Waals surface area contributed by atoms with E-state index in [9.17, 15) is 5.11 Å². The van der Waals surface area contributed by atoms with Gasteiger partial charge in [0, 0.05) is 23.2 Å². The van der Waals surface area contributed by atoms with Crippen LogP contribution in [-0.2, 0) is 0 Å². The first-order valence-electron chi connectivity index (χ1n) is 5.67. The highest BCUT2D eigenvalue weighted by Gasteiger charge is 2.13. The number of benzene rings is 1. The molecule has 2 aromatic heterocycles. The van der Waals surface area contributed by atoms with Gasteiger partial charge < -0.3 is 14.2 Å². The lowest BCUT2D eigenvalue weighted by molar-refractivity contribution is 0.415. The predicted molar refractivity (Wildman–Crippen MR) is 73.1 cm³/mol. The van der Waals surface area contributed by atoms with Crippen molar-refractivity contribution in [1.82, 2.24) is 4.40 Å². The van der Waals surface area contributed by atoms with Gasteiger partial charge in [-0.15, -0.1) is 0 Å². The Balaban J connectivity index is 2.53. The number of aromatic nitrogens is 1. The summed E-state index contributed by atoms with van der Waals surface area (Å²) in [4.78, 5) is 0. The second-order valence-corrected chi connectivity index (χ2v) is 4.16. The van der Waals surface area contributed by atoms with Crippen molar-refractivity contribution in [3.63, 3.8) is 0 Å². The highest BCUT2D eigenvalue weighted by Crippen LogP contribution is 2.32. The predicted octanol–water partition coefficient (Wildman–Crippen LogP) is 3.63. The summed E-state index contributed by atoms with van der Waals surface area (Å²) in [5.74, 6) is 0.875. The Kier molecular flexibility index (Phi) is 2.27. The number of ether oxygens (including phenoxy) is 1. The molecule has 3 aromatic rings. The van der Waals surface area contributed by atoms with Crippen molar-refractivity contribution in [3.8, 4) is 5.75 Å². The molecule has 0 fully saturated rings. The van der Waals surface area contributed by atoms with E-state index in [4.69, 9.17) is 4.74 Å². The van der Waals surface area contributed by atoms with Crippen molar-refractivity contribution in [2.45, 2.75) is 0 Å². The molecular formula is C15H13NO2. The normalized spacial score (nSPS) is 10.9. The molecule has 1 aromatic carbocycles. The maximum absolute atomic E-state index is 9.80. The van der Waals surface area contributed by atoms with Gasteiger partial charge in [0.05, 0.1) is 18.1 Å². The van der Waals surface area contributed by atoms with Crippen LogP contribution in [0.4, 0.5) is 0 Å². The second-order valence-electron chi connectivity index (χ2n) is 4.16. The number of hydrogen-bond acceptors (Lipinski definition) is 2. The number of pyridine rings is 1. The number of hydrogen-bond donors (Lipinski definition) is 1. The van der Waals surface area contributed by atoms with Crippen molar-refractivity contribution in [2.24, 2.45) is 0 Å². The van der Waals surface area contributed by atoms with Gasteiger partial charge in [0.2, 0.25) is 0 Å². The molecule has 0 saturated carbocycles. The molecule has 0 radical (unpaired) electrons. The number of rotatable bonds is 2. The van der Waals surface area contributed by atoms with Gasteiger partial charge in [-0.2, -0.15) is 0 Å². The molecule has 18 heavy (non-hydrogen) atoms. The van der Waals surface area contributed by atoms with E-state index < -0.39 is 0 Å². The number of aliphatic hydroxyl groups excluding tert-OH is 1. The molecule has 0 bridgehead atoms. The summed E-state index contributed by atoms with van der Waals surface area (Å²) in [6.45, 7) is 3.65. The Hall–Kier alpha value is -2.42. The largest absolute Gasteiger partial charge is 0.508 e. The molecule has 90 valence electrons. The van der Waals surface area contributed by atoms with Crippen molar-refractivity contribution >= 4 is 22.2 Å². The lowest BCUT2D eigenvalue weighted by Gasteiger charge is -2.00. The van der Waals surface area contributed by atoms with Gasteiger partial charge >= 0.3 is 0 Å². The molecule has 0 aliphatic carbocycles. The fourth-order valence-corrected chi connectivity index (χ4v) is 2.35. The van der Waals surface area contributed by atoms with E-state index in [1.807, 2.05) is 47.0 Å². The van der Waals surface area contributed by atoms with Gasteiger partial charge in [0.15, 0.2) is 0 Å². The van der Waals surface area contributed by atoms with Crippen molar-refractivity contribution in [1.29, 1.82) is 0 Å². The van der Waals surface area contributed by atoms with Crippen LogP contribution in [0.15, 0.2) is 49.2 Å². The topological polar surface area (TPSA) is 33.9 Å². The third kappa shape index (κ3) is 1.37. The Morgan fingerprint density at radius 3 is 2.78 bits per heavy atom. The molecule has 0 aliphatic heterocycles. The van der Waals surface area contributed by atoms with Gasteiger partial charge in [-0.1, -0.05) is 12.6 Å². The van der Waals surface area contributed by atoms with Gasteiger partial charge in [-0.25, -0.2) is 0 Å². The van der Waals surface area contributed by atoms with E-state index in [0.29, 0.717) is 0 Å². The molecule has 0 spiro atoms. The van der Waals surface area contributed by atoms with Crippen LogP contribution >= 0.6 is 0 Å². The first kappa shape index (κ1) is 10.7. The number of aliphatic hydroxyl groups is 1. The van der Waals surface area contributed by atoms with Crippen LogP contribution in [0.5, 0.6) is 5.75 Å². The summed E-state index contributed by atoms with van der Waals surface area (Å²) in [5.41, 5.74) is 2.71. The minimum atomic E-state index is 0.0823. The summed E-state index contributed by atoms with van der Waals surface area (Å²) in [6.07, 6.45) is 1.96. The zero-order valence-corrected chi connectivity index (χ0v) is 10.1. The van der Waals surface area contributed by atoms with Gasteiger partial charge in [0.1, 0.15) is 11.5 Å². The highest BCUT2D eigenvalue weighted by atomic mass is 16.5. The lowest BCUT2D eigenvalue weighted by Crippen LogP contribution is -1.84. The molecule has 3 nitrogen and oxygen atoms in total. The summed E-state index contributed by atoms with van der Waals surface area (Å²) in [5, 5.41) is 10.8. The number of methoxy groups -OCH3 is 1. The molecule has 0 unspecified atom stereocenters. The summed E-state index contributed by atoms with van der Waals surface area (Å²) in [7, 11) is 1.64. The molecule has 0 amide bonds. The summed E-state index contributed by atoms with van der Waals surface area (Å²) in [6, 6.07) is 11.6. The maximum Gasteiger partial charge on any atom is 0.120 e. The zero-order chi connectivity index (χ0) is 12.7. The van der Waals surface area contributed by atoms with Crippen LogP contribution in [0.3, 0.4) is 0 Å². The molecule has 0 saturated heterocycles. The fraction of sp³-hybridized carbons (Fsp3) is 0.0667. The van der Waals surface area contributed by atoms with Crippen LogP contribution in [0.1, 0.15) is 5.56 Å². The van der Waals surface area contributed by atoms with Crippen LogP contribution in [-0.4, -0.2) is 16.6 Å². The summed E-state index contributed by atoms with van der Waals surface area (Å²) >= 11 is 0. The Morgan fingerprint density at radius 1 is 1.22 bits per heavy atom. The van der Waals surface area contributed by atoms with Gasteiger partial charge in [0.25, 0.3) is 0 Å². The average Bonchev–Trinajstić information content (AvgIpc) is 2.72. The third-order valence-electron chi connectivity index (χ3n) is 3.14. The Labute approximate surface area is 105 Å². The molecule has 3 heteroatoms. The second kappa shape index (κ2) is 3.81. The molecular weight excluding hydrogens is 226 g/mol. The summed E-state index contributed by atoms with van der Waals surface area (Å²) < 4.78 is 7.27. The maximum atomic E-state index is 9.80. The van der Waals surface area contributed by atoms with E-state index in [0.717, 1.165) is 27.7 Å². The lowest BCUT2D eigenvalue weighted by atomic mass is 10.1. The smallest absolute Gasteiger partial charge is 0.120 e. The standard InChI is InChI=1S/C15H13NO2/c1-10(17)15-12-7-6-11(18-2)9-14(12)16-8-4-3-5-13(15)16/h3-9,17H,1H2,2H3. The molecule has 0 atom stereocenters. The third-order valence-corrected chi connectivity index (χ3v) is 3.14. The zero-order valence-electron chi connectivity index (χ0n) is 10.1. The SMILES string of the molecule is C=C(O)c1c2ccc(OC)cc2n2ccccc12. The van der Waals surface area contributed by atoms with Crippen molar-refractivity contribution in [3.05, 3.63) is 54.7 Å². The van der Waals surface area contributed by atoms with E-state index >= 15 is 0 Å².